The number of nitrogen functional groups attached to an aromatic ring is 1. The molecule has 38 heavy (non-hydrogen) atoms. The van der Waals surface area contributed by atoms with Crippen LogP contribution >= 0.6 is 0 Å². The van der Waals surface area contributed by atoms with Crippen LogP contribution in [0.1, 0.15) is 24.6 Å². The molecule has 14 nitrogen and oxygen atoms in total. The summed E-state index contributed by atoms with van der Waals surface area (Å²) in [5.74, 6) is 6.11. The third-order valence-corrected chi connectivity index (χ3v) is 7.44. The molecule has 1 aromatic carbocycles. The molecule has 7 N–H and O–H groups in total. The first-order chi connectivity index (χ1) is 18.3. The van der Waals surface area contributed by atoms with Crippen molar-refractivity contribution in [3.8, 4) is 0 Å². The molecule has 15 heteroatoms. The number of fused-ring (bicyclic) bond motifs is 1. The monoisotopic (exact) mass is 545 g/mol. The molecule has 3 heterocycles. The third kappa shape index (κ3) is 7.01. The number of aromatic nitrogens is 4. The van der Waals surface area contributed by atoms with Gasteiger partial charge in [-0.25, -0.2) is 11.3 Å². The Kier molecular flexibility index (Phi) is 9.21. The van der Waals surface area contributed by atoms with Crippen LogP contribution in [0.5, 0.6) is 0 Å². The van der Waals surface area contributed by atoms with Crippen LogP contribution in [0.15, 0.2) is 35.6 Å². The summed E-state index contributed by atoms with van der Waals surface area (Å²) in [7, 11) is 0.245. The minimum absolute atomic E-state index is 0.0595. The second kappa shape index (κ2) is 12.6. The lowest BCUT2D eigenvalue weighted by Gasteiger charge is -2.16. The Morgan fingerprint density at radius 1 is 1.21 bits per heavy atom. The zero-order chi connectivity index (χ0) is 27.1. The lowest BCUT2D eigenvalue weighted by atomic mass is 10.2. The van der Waals surface area contributed by atoms with Gasteiger partial charge in [-0.1, -0.05) is 18.2 Å². The van der Waals surface area contributed by atoms with Crippen LogP contribution in [-0.2, 0) is 14.2 Å². The van der Waals surface area contributed by atoms with Gasteiger partial charge < -0.3 is 33.7 Å². The molecule has 0 aliphatic carbocycles. The summed E-state index contributed by atoms with van der Waals surface area (Å²) in [4.78, 5) is 31.8. The first-order valence-corrected chi connectivity index (χ1v) is 14.9. The maximum atomic E-state index is 9.57. The highest BCUT2D eigenvalue weighted by Gasteiger charge is 2.36. The number of hydrogen-bond acceptors (Lipinski definition) is 13. The predicted molar refractivity (Wildman–Crippen MR) is 146 cm³/mol. The Bertz CT molecular complexity index is 1240. The van der Waals surface area contributed by atoms with Gasteiger partial charge in [-0.05, 0) is 25.1 Å². The lowest BCUT2D eigenvalue weighted by Crippen LogP contribution is -2.30. The number of methoxy groups -OCH3 is 2. The van der Waals surface area contributed by atoms with Gasteiger partial charge in [-0.2, -0.15) is 20.1 Å². The topological polar surface area (TPSA) is 186 Å². The van der Waals surface area contributed by atoms with Gasteiger partial charge in [-0.3, -0.25) is 5.43 Å². The van der Waals surface area contributed by atoms with Crippen molar-refractivity contribution in [3.05, 3.63) is 36.0 Å². The Hall–Kier alpha value is -3.18. The van der Waals surface area contributed by atoms with Crippen molar-refractivity contribution >= 4 is 43.5 Å². The number of rotatable bonds is 13. The highest BCUT2D eigenvalue weighted by atomic mass is 28.4. The predicted octanol–water partition coefficient (Wildman–Crippen LogP) is 1.37. The number of para-hydroxylation sites is 1. The molecule has 1 aliphatic rings. The van der Waals surface area contributed by atoms with Crippen molar-refractivity contribution in [2.45, 2.75) is 43.9 Å². The van der Waals surface area contributed by atoms with Gasteiger partial charge in [0.1, 0.15) is 12.3 Å². The van der Waals surface area contributed by atoms with E-state index in [0.717, 1.165) is 16.5 Å². The summed E-state index contributed by atoms with van der Waals surface area (Å²) >= 11 is 0. The van der Waals surface area contributed by atoms with Crippen molar-refractivity contribution in [3.63, 3.8) is 0 Å². The molecule has 1 saturated heterocycles. The van der Waals surface area contributed by atoms with Crippen molar-refractivity contribution in [1.29, 1.82) is 0 Å². The van der Waals surface area contributed by atoms with Gasteiger partial charge in [0.25, 0.3) is 0 Å². The SMILES string of the molecule is COC[C@H]1O[C@@H](n2cc(C=NNc3nc(NN)nc(NCCC[Si](C)(O)O)n3)c3ccccc32)C[C@H]1OC. The standard InChI is InChI=1S/C23H35N9O5Si/c1-35-14-19-18(36-2)11-20(37-19)32-13-15(16-7-4-5-8-17(16)32)12-26-31-23-28-21(27-22(29-23)30-24)25-9-6-10-38(3,33)34/h4-5,7-8,12-13,18-20,33-34H,6,9-11,14,24H2,1-3H3,(H3,25,27,28,29,30,31)/t18-,19-,20-/m1/s1. The molecule has 0 amide bonds. The van der Waals surface area contributed by atoms with Gasteiger partial charge in [0.15, 0.2) is 0 Å². The number of nitrogens with two attached hydrogens (primary N) is 1. The van der Waals surface area contributed by atoms with Crippen LogP contribution in [0, 0.1) is 0 Å². The highest BCUT2D eigenvalue weighted by Crippen LogP contribution is 2.34. The molecule has 0 radical (unpaired) electrons. The fourth-order valence-electron chi connectivity index (χ4n) is 4.36. The fourth-order valence-corrected chi connectivity index (χ4v) is 5.21. The first-order valence-electron chi connectivity index (χ1n) is 12.3. The highest BCUT2D eigenvalue weighted by molar-refractivity contribution is 6.63. The van der Waals surface area contributed by atoms with E-state index in [1.54, 1.807) is 20.4 Å². The van der Waals surface area contributed by atoms with E-state index >= 15 is 0 Å². The van der Waals surface area contributed by atoms with Gasteiger partial charge >= 0.3 is 8.56 Å². The van der Waals surface area contributed by atoms with E-state index in [1.165, 1.54) is 6.55 Å². The number of nitrogens with one attached hydrogen (secondary N) is 3. The molecular formula is C23H35N9O5Si. The number of anilines is 3. The maximum Gasteiger partial charge on any atom is 0.329 e. The second-order valence-corrected chi connectivity index (χ2v) is 12.1. The van der Waals surface area contributed by atoms with Gasteiger partial charge in [0.2, 0.25) is 17.8 Å². The molecule has 0 saturated carbocycles. The maximum absolute atomic E-state index is 9.57. The number of hydrogen-bond donors (Lipinski definition) is 6. The first kappa shape index (κ1) is 27.8. The van der Waals surface area contributed by atoms with E-state index in [1.807, 2.05) is 30.5 Å². The molecular weight excluding hydrogens is 510 g/mol. The Morgan fingerprint density at radius 2 is 1.97 bits per heavy atom. The number of hydrazine groups is 1. The Labute approximate surface area is 221 Å². The van der Waals surface area contributed by atoms with E-state index < -0.39 is 8.56 Å². The summed E-state index contributed by atoms with van der Waals surface area (Å²) in [6, 6.07) is 8.35. The van der Waals surface area contributed by atoms with Crippen LogP contribution in [0.3, 0.4) is 0 Å². The van der Waals surface area contributed by atoms with Crippen LogP contribution in [0.25, 0.3) is 10.9 Å². The van der Waals surface area contributed by atoms with Crippen molar-refractivity contribution in [1.82, 2.24) is 19.5 Å². The largest absolute Gasteiger partial charge is 0.411 e. The summed E-state index contributed by atoms with van der Waals surface area (Å²) in [6.45, 7) is 2.39. The zero-order valence-electron chi connectivity index (χ0n) is 21.7. The second-order valence-electron chi connectivity index (χ2n) is 9.17. The summed E-state index contributed by atoms with van der Waals surface area (Å²) in [6.07, 6.45) is 4.53. The number of hydrazone groups is 1. The van der Waals surface area contributed by atoms with Gasteiger partial charge in [0.05, 0.1) is 24.4 Å². The van der Waals surface area contributed by atoms with Gasteiger partial charge in [-0.15, -0.1) is 0 Å². The molecule has 1 aliphatic heterocycles. The average molecular weight is 546 g/mol. The fraction of sp³-hybridized carbons (Fsp3) is 0.478. The minimum Gasteiger partial charge on any atom is -0.411 e. The summed E-state index contributed by atoms with van der Waals surface area (Å²) < 4.78 is 19.3. The smallest absolute Gasteiger partial charge is 0.329 e. The van der Waals surface area contributed by atoms with Crippen molar-refractivity contribution in [2.24, 2.45) is 10.9 Å². The molecule has 0 unspecified atom stereocenters. The molecule has 0 spiro atoms. The molecule has 2 aromatic heterocycles. The lowest BCUT2D eigenvalue weighted by molar-refractivity contribution is -0.0595. The summed E-state index contributed by atoms with van der Waals surface area (Å²) in [5.41, 5.74) is 7.13. The normalized spacial score (nSPS) is 19.9. The van der Waals surface area contributed by atoms with Gasteiger partial charge in [0, 0.05) is 44.3 Å². The van der Waals surface area contributed by atoms with Crippen molar-refractivity contribution in [2.75, 3.05) is 43.5 Å². The van der Waals surface area contributed by atoms with Crippen molar-refractivity contribution < 1.29 is 23.8 Å². The minimum atomic E-state index is -3.09. The third-order valence-electron chi connectivity index (χ3n) is 6.14. The molecule has 1 fully saturated rings. The number of benzene rings is 1. The van der Waals surface area contributed by atoms with Crippen LogP contribution in [-0.4, -0.2) is 83.5 Å². The number of nitrogens with zero attached hydrogens (tertiary/aromatic N) is 5. The van der Waals surface area contributed by atoms with E-state index in [4.69, 9.17) is 20.1 Å². The van der Waals surface area contributed by atoms with Crippen LogP contribution < -0.4 is 22.0 Å². The van der Waals surface area contributed by atoms with Crippen LogP contribution in [0.2, 0.25) is 12.6 Å². The van der Waals surface area contributed by atoms with E-state index in [-0.39, 0.29) is 36.3 Å². The Morgan fingerprint density at radius 3 is 2.71 bits per heavy atom. The average Bonchev–Trinajstić information content (AvgIpc) is 3.47. The molecule has 206 valence electrons. The van der Waals surface area contributed by atoms with E-state index in [0.29, 0.717) is 32.0 Å². The summed E-state index contributed by atoms with van der Waals surface area (Å²) in [5, 5.41) is 8.38. The van der Waals surface area contributed by atoms with E-state index in [2.05, 4.69) is 40.8 Å². The molecule has 3 atom stereocenters. The Balaban J connectivity index is 1.48. The zero-order valence-corrected chi connectivity index (χ0v) is 22.7. The quantitative estimate of drug-likeness (QED) is 0.0596. The van der Waals surface area contributed by atoms with E-state index in [9.17, 15) is 9.59 Å². The van der Waals surface area contributed by atoms with Crippen LogP contribution in [0.4, 0.5) is 17.8 Å². The molecule has 0 bridgehead atoms. The number of ether oxygens (including phenoxy) is 3. The molecule has 3 aromatic rings. The molecule has 4 rings (SSSR count).